The molecule has 2 aliphatic rings. The van der Waals surface area contributed by atoms with Crippen LogP contribution >= 0.6 is 0 Å². The number of hydrogen-bond acceptors (Lipinski definition) is 4. The number of piperidine rings is 2. The highest BCUT2D eigenvalue weighted by Gasteiger charge is 2.25. The van der Waals surface area contributed by atoms with Crippen LogP contribution in [-0.4, -0.2) is 61.6 Å². The highest BCUT2D eigenvalue weighted by atomic mass is 16.3. The molecule has 164 valence electrons. The second-order valence-electron chi connectivity index (χ2n) is 9.18. The van der Waals surface area contributed by atoms with Crippen molar-refractivity contribution in [3.8, 4) is 0 Å². The summed E-state index contributed by atoms with van der Waals surface area (Å²) in [5.41, 5.74) is 0. The van der Waals surface area contributed by atoms with E-state index in [1.54, 1.807) is 6.26 Å². The first-order valence-corrected chi connectivity index (χ1v) is 11.6. The molecule has 0 spiro atoms. The number of carbonyl (C=O) groups is 1. The first kappa shape index (κ1) is 22.2. The van der Waals surface area contributed by atoms with Crippen molar-refractivity contribution < 1.29 is 9.21 Å². The molecule has 0 bridgehead atoms. The maximum Gasteiger partial charge on any atom is 0.314 e. The van der Waals surface area contributed by atoms with Gasteiger partial charge < -0.3 is 20.0 Å². The van der Waals surface area contributed by atoms with E-state index in [0.717, 1.165) is 56.6 Å². The van der Waals surface area contributed by atoms with Crippen molar-refractivity contribution in [1.29, 1.82) is 0 Å². The van der Waals surface area contributed by atoms with Gasteiger partial charge in [-0.15, -0.1) is 0 Å². The van der Waals surface area contributed by atoms with Gasteiger partial charge in [0, 0.05) is 26.2 Å². The van der Waals surface area contributed by atoms with Crippen molar-refractivity contribution in [2.75, 3.05) is 45.8 Å². The monoisotopic (exact) mass is 404 g/mol. The van der Waals surface area contributed by atoms with Gasteiger partial charge >= 0.3 is 6.03 Å². The number of hydrogen-bond donors (Lipinski definition) is 2. The van der Waals surface area contributed by atoms with Crippen LogP contribution in [0.3, 0.4) is 0 Å². The summed E-state index contributed by atoms with van der Waals surface area (Å²) < 4.78 is 5.65. The first-order chi connectivity index (χ1) is 14.1. The second-order valence-corrected chi connectivity index (χ2v) is 9.18. The van der Waals surface area contributed by atoms with E-state index in [0.29, 0.717) is 6.54 Å². The Hall–Kier alpha value is -1.53. The van der Waals surface area contributed by atoms with Crippen LogP contribution in [0.25, 0.3) is 0 Å². The molecule has 2 N–H and O–H groups in total. The van der Waals surface area contributed by atoms with E-state index in [1.807, 2.05) is 12.1 Å². The van der Waals surface area contributed by atoms with Gasteiger partial charge in [0.1, 0.15) is 5.76 Å². The Kier molecular flexibility index (Phi) is 8.87. The minimum absolute atomic E-state index is 0.0706. The minimum Gasteiger partial charge on any atom is -0.468 e. The van der Waals surface area contributed by atoms with Crippen molar-refractivity contribution >= 4 is 6.03 Å². The van der Waals surface area contributed by atoms with Crippen LogP contribution in [0.5, 0.6) is 0 Å². The number of carbonyl (C=O) groups excluding carboxylic acids is 1. The van der Waals surface area contributed by atoms with Crippen molar-refractivity contribution in [2.24, 2.45) is 11.8 Å². The van der Waals surface area contributed by atoms with Crippen LogP contribution in [-0.2, 0) is 0 Å². The largest absolute Gasteiger partial charge is 0.468 e. The molecule has 6 heteroatoms. The van der Waals surface area contributed by atoms with E-state index >= 15 is 0 Å². The summed E-state index contributed by atoms with van der Waals surface area (Å²) in [5.74, 6) is 2.56. The van der Waals surface area contributed by atoms with Gasteiger partial charge in [-0.25, -0.2) is 4.79 Å². The molecule has 1 aromatic rings. The smallest absolute Gasteiger partial charge is 0.314 e. The van der Waals surface area contributed by atoms with Crippen LogP contribution in [0.2, 0.25) is 0 Å². The Balaban J connectivity index is 1.32. The Morgan fingerprint density at radius 2 is 1.90 bits per heavy atom. The highest BCUT2D eigenvalue weighted by molar-refractivity contribution is 5.73. The molecular weight excluding hydrogens is 364 g/mol. The fourth-order valence-corrected chi connectivity index (χ4v) is 5.01. The normalized spacial score (nSPS) is 24.9. The Morgan fingerprint density at radius 3 is 2.59 bits per heavy atom. The zero-order valence-electron chi connectivity index (χ0n) is 18.4. The summed E-state index contributed by atoms with van der Waals surface area (Å²) in [4.78, 5) is 17.3. The maximum absolute atomic E-state index is 12.3. The number of nitrogens with zero attached hydrogens (tertiary/aromatic N) is 2. The molecule has 2 saturated heterocycles. The molecule has 3 rings (SSSR count). The number of unbranched alkanes of at least 4 members (excludes halogenated alkanes) is 1. The van der Waals surface area contributed by atoms with Gasteiger partial charge in [-0.3, -0.25) is 4.90 Å². The predicted molar refractivity (Wildman–Crippen MR) is 117 cm³/mol. The van der Waals surface area contributed by atoms with Crippen molar-refractivity contribution in [3.05, 3.63) is 24.2 Å². The molecule has 1 aromatic heterocycles. The standard InChI is InChI=1S/C23H40N4O2/c1-19-15-20(2)18-26(17-19)11-7-4-10-24-23(28)25-16-21(22-9-8-14-29-22)27-12-5-3-6-13-27/h8-9,14,19-21H,3-7,10-13,15-18H2,1-2H3,(H2,24,25,28). The van der Waals surface area contributed by atoms with E-state index in [-0.39, 0.29) is 12.1 Å². The van der Waals surface area contributed by atoms with Gasteiger partial charge in [0.05, 0.1) is 12.3 Å². The van der Waals surface area contributed by atoms with Gasteiger partial charge in [0.2, 0.25) is 0 Å². The number of urea groups is 1. The van der Waals surface area contributed by atoms with Gasteiger partial charge in [-0.1, -0.05) is 20.3 Å². The zero-order valence-corrected chi connectivity index (χ0v) is 18.4. The van der Waals surface area contributed by atoms with Crippen LogP contribution < -0.4 is 10.6 Å². The molecule has 3 unspecified atom stereocenters. The third-order valence-corrected chi connectivity index (χ3v) is 6.29. The number of nitrogens with one attached hydrogen (secondary N) is 2. The molecule has 0 aliphatic carbocycles. The first-order valence-electron chi connectivity index (χ1n) is 11.6. The van der Waals surface area contributed by atoms with E-state index in [4.69, 9.17) is 4.42 Å². The lowest BCUT2D eigenvalue weighted by atomic mass is 9.92. The highest BCUT2D eigenvalue weighted by Crippen LogP contribution is 2.24. The average Bonchev–Trinajstić information content (AvgIpc) is 3.22. The third-order valence-electron chi connectivity index (χ3n) is 6.29. The molecule has 2 amide bonds. The van der Waals surface area contributed by atoms with Crippen LogP contribution in [0.1, 0.15) is 64.2 Å². The summed E-state index contributed by atoms with van der Waals surface area (Å²) in [6.45, 7) is 11.8. The molecule has 0 saturated carbocycles. The number of likely N-dealkylation sites (tertiary alicyclic amines) is 2. The minimum atomic E-state index is -0.0706. The summed E-state index contributed by atoms with van der Waals surface area (Å²) in [7, 11) is 0. The quantitative estimate of drug-likeness (QED) is 0.614. The topological polar surface area (TPSA) is 60.8 Å². The fourth-order valence-electron chi connectivity index (χ4n) is 5.01. The second kappa shape index (κ2) is 11.6. The van der Waals surface area contributed by atoms with E-state index < -0.39 is 0 Å². The summed E-state index contributed by atoms with van der Waals surface area (Å²) in [6.07, 6.45) is 8.98. The Bertz CT molecular complexity index is 576. The molecule has 3 heterocycles. The molecule has 3 atom stereocenters. The molecule has 2 fully saturated rings. The summed E-state index contributed by atoms with van der Waals surface area (Å²) in [5, 5.41) is 6.08. The fraction of sp³-hybridized carbons (Fsp3) is 0.783. The molecule has 0 aromatic carbocycles. The molecule has 2 aliphatic heterocycles. The third kappa shape index (κ3) is 7.34. The van der Waals surface area contributed by atoms with Crippen LogP contribution in [0.15, 0.2) is 22.8 Å². The van der Waals surface area contributed by atoms with E-state index in [9.17, 15) is 4.79 Å². The lowest BCUT2D eigenvalue weighted by Gasteiger charge is -2.35. The van der Waals surface area contributed by atoms with Crippen molar-refractivity contribution in [1.82, 2.24) is 20.4 Å². The SMILES string of the molecule is CC1CC(C)CN(CCCCNC(=O)NCC(c2ccco2)N2CCCCC2)C1. The molecular formula is C23H40N4O2. The van der Waals surface area contributed by atoms with Crippen LogP contribution in [0, 0.1) is 11.8 Å². The van der Waals surface area contributed by atoms with Crippen molar-refractivity contribution in [2.45, 2.75) is 58.4 Å². The summed E-state index contributed by atoms with van der Waals surface area (Å²) in [6, 6.07) is 4.00. The Labute approximate surface area is 176 Å². The van der Waals surface area contributed by atoms with Crippen LogP contribution in [0.4, 0.5) is 4.79 Å². The number of amides is 2. The zero-order chi connectivity index (χ0) is 20.5. The Morgan fingerprint density at radius 1 is 1.14 bits per heavy atom. The van der Waals surface area contributed by atoms with Gasteiger partial charge in [0.25, 0.3) is 0 Å². The van der Waals surface area contributed by atoms with E-state index in [1.165, 1.54) is 38.8 Å². The lowest BCUT2D eigenvalue weighted by molar-refractivity contribution is 0.139. The predicted octanol–water partition coefficient (Wildman–Crippen LogP) is 3.86. The molecule has 6 nitrogen and oxygen atoms in total. The molecule has 29 heavy (non-hydrogen) atoms. The van der Waals surface area contributed by atoms with Gasteiger partial charge in [-0.2, -0.15) is 0 Å². The number of rotatable bonds is 9. The van der Waals surface area contributed by atoms with Crippen molar-refractivity contribution in [3.63, 3.8) is 0 Å². The van der Waals surface area contributed by atoms with Gasteiger partial charge in [0.15, 0.2) is 0 Å². The maximum atomic E-state index is 12.3. The van der Waals surface area contributed by atoms with E-state index in [2.05, 4.69) is 34.3 Å². The van der Waals surface area contributed by atoms with Gasteiger partial charge in [-0.05, 0) is 75.7 Å². The molecule has 0 radical (unpaired) electrons. The average molecular weight is 405 g/mol. The lowest BCUT2D eigenvalue weighted by Crippen LogP contribution is -2.44. The summed E-state index contributed by atoms with van der Waals surface area (Å²) >= 11 is 0. The number of furan rings is 1.